The van der Waals surface area contributed by atoms with E-state index in [9.17, 15) is 13.6 Å². The summed E-state index contributed by atoms with van der Waals surface area (Å²) in [7, 11) is 0. The number of carbonyl (C=O) groups excluding carboxylic acids is 1. The fraction of sp³-hybridized carbons (Fsp3) is 0.154. The molecule has 0 aliphatic heterocycles. The summed E-state index contributed by atoms with van der Waals surface area (Å²) < 4.78 is 27.6. The molecule has 1 heterocycles. The number of hydrogen-bond donors (Lipinski definition) is 0. The van der Waals surface area contributed by atoms with E-state index in [-0.39, 0.29) is 24.2 Å². The van der Waals surface area contributed by atoms with Crippen molar-refractivity contribution in [1.29, 1.82) is 0 Å². The first-order valence-electron chi connectivity index (χ1n) is 5.25. The fourth-order valence-corrected chi connectivity index (χ4v) is 3.11. The van der Waals surface area contributed by atoms with Crippen LogP contribution in [-0.2, 0) is 17.6 Å². The zero-order valence-corrected chi connectivity index (χ0v) is 11.7. The van der Waals surface area contributed by atoms with Crippen LogP contribution in [0.2, 0.25) is 0 Å². The maximum atomic E-state index is 13.4. The summed E-state index contributed by atoms with van der Waals surface area (Å²) in [5.74, 6) is -1.54. The highest BCUT2D eigenvalue weighted by molar-refractivity contribution is 9.11. The van der Waals surface area contributed by atoms with Crippen LogP contribution in [0.4, 0.5) is 8.78 Å². The molecule has 1 nitrogen and oxygen atoms in total. The van der Waals surface area contributed by atoms with E-state index in [0.717, 1.165) is 20.8 Å². The van der Waals surface area contributed by atoms with E-state index in [1.807, 2.05) is 12.1 Å². The Kier molecular flexibility index (Phi) is 4.24. The van der Waals surface area contributed by atoms with Crippen LogP contribution in [0.15, 0.2) is 34.1 Å². The second kappa shape index (κ2) is 5.71. The van der Waals surface area contributed by atoms with Gasteiger partial charge in [-0.3, -0.25) is 4.79 Å². The van der Waals surface area contributed by atoms with Gasteiger partial charge in [-0.1, -0.05) is 6.07 Å². The lowest BCUT2D eigenvalue weighted by Crippen LogP contribution is -2.08. The Labute approximate surface area is 116 Å². The lowest BCUT2D eigenvalue weighted by atomic mass is 10.1. The zero-order valence-electron chi connectivity index (χ0n) is 9.25. The van der Waals surface area contributed by atoms with Crippen LogP contribution in [0.3, 0.4) is 0 Å². The molecule has 1 aromatic carbocycles. The minimum atomic E-state index is -0.671. The number of hydrogen-bond acceptors (Lipinski definition) is 2. The number of Topliss-reactive ketones (excluding diaryl/α,β-unsaturated/α-hetero) is 1. The molecular formula is C13H9BrF2OS. The molecule has 2 rings (SSSR count). The lowest BCUT2D eigenvalue weighted by Gasteiger charge is -2.03. The molecule has 0 aliphatic carbocycles. The van der Waals surface area contributed by atoms with Crippen molar-refractivity contribution in [3.05, 3.63) is 56.2 Å². The molecule has 0 amide bonds. The van der Waals surface area contributed by atoms with Crippen LogP contribution in [0.5, 0.6) is 0 Å². The van der Waals surface area contributed by atoms with Gasteiger partial charge in [0, 0.05) is 23.3 Å². The van der Waals surface area contributed by atoms with Crippen molar-refractivity contribution >= 4 is 33.0 Å². The molecule has 1 aromatic heterocycles. The normalized spacial score (nSPS) is 10.6. The van der Waals surface area contributed by atoms with Gasteiger partial charge >= 0.3 is 0 Å². The first-order valence-corrected chi connectivity index (χ1v) is 6.86. The van der Waals surface area contributed by atoms with E-state index in [1.54, 1.807) is 0 Å². The van der Waals surface area contributed by atoms with Gasteiger partial charge in [0.2, 0.25) is 0 Å². The van der Waals surface area contributed by atoms with Crippen molar-refractivity contribution in [3.63, 3.8) is 0 Å². The summed E-state index contributed by atoms with van der Waals surface area (Å²) >= 11 is 4.74. The van der Waals surface area contributed by atoms with Gasteiger partial charge in [0.25, 0.3) is 0 Å². The molecule has 5 heteroatoms. The maximum absolute atomic E-state index is 13.4. The average molecular weight is 331 g/mol. The highest BCUT2D eigenvalue weighted by Crippen LogP contribution is 2.23. The van der Waals surface area contributed by atoms with E-state index in [1.165, 1.54) is 17.4 Å². The summed E-state index contributed by atoms with van der Waals surface area (Å²) in [6.07, 6.45) is -0.0158. The monoisotopic (exact) mass is 330 g/mol. The quantitative estimate of drug-likeness (QED) is 0.823. The third-order valence-electron chi connectivity index (χ3n) is 2.44. The van der Waals surface area contributed by atoms with Gasteiger partial charge in [-0.25, -0.2) is 8.78 Å². The van der Waals surface area contributed by atoms with Gasteiger partial charge < -0.3 is 0 Å². The summed E-state index contributed by atoms with van der Waals surface area (Å²) in [6, 6.07) is 7.27. The number of carbonyl (C=O) groups is 1. The molecule has 0 N–H and O–H groups in total. The predicted octanol–water partition coefficient (Wildman–Crippen LogP) is 4.14. The molecule has 0 radical (unpaired) electrons. The van der Waals surface area contributed by atoms with Crippen LogP contribution in [-0.4, -0.2) is 5.78 Å². The first-order chi connectivity index (χ1) is 8.56. The van der Waals surface area contributed by atoms with Gasteiger partial charge in [-0.05, 0) is 40.2 Å². The van der Waals surface area contributed by atoms with Gasteiger partial charge in [-0.2, -0.15) is 0 Å². The highest BCUT2D eigenvalue weighted by atomic mass is 79.9. The van der Waals surface area contributed by atoms with Crippen molar-refractivity contribution in [2.75, 3.05) is 0 Å². The van der Waals surface area contributed by atoms with Gasteiger partial charge in [-0.15, -0.1) is 11.3 Å². The fourth-order valence-electron chi connectivity index (χ4n) is 1.60. The Morgan fingerprint density at radius 3 is 2.33 bits per heavy atom. The summed E-state index contributed by atoms with van der Waals surface area (Å²) in [5, 5.41) is 0. The Bertz CT molecular complexity index is 560. The summed E-state index contributed by atoms with van der Waals surface area (Å²) in [4.78, 5) is 12.6. The molecular weight excluding hydrogens is 322 g/mol. The molecule has 2 aromatic rings. The molecule has 0 saturated heterocycles. The Morgan fingerprint density at radius 1 is 1.11 bits per heavy atom. The van der Waals surface area contributed by atoms with Crippen LogP contribution < -0.4 is 0 Å². The molecule has 0 spiro atoms. The minimum absolute atomic E-state index is 0.155. The van der Waals surface area contributed by atoms with E-state index in [4.69, 9.17) is 0 Å². The third kappa shape index (κ3) is 3.23. The summed E-state index contributed by atoms with van der Waals surface area (Å²) in [5.41, 5.74) is -0.155. The molecule has 0 atom stereocenters. The predicted molar refractivity (Wildman–Crippen MR) is 70.8 cm³/mol. The SMILES string of the molecule is O=C(Cc1ccc(Br)s1)Cc1c(F)cccc1F. The average Bonchev–Trinajstić information content (AvgIpc) is 2.69. The number of thiophene rings is 1. The number of ketones is 1. The molecule has 18 heavy (non-hydrogen) atoms. The van der Waals surface area contributed by atoms with Crippen LogP contribution >= 0.6 is 27.3 Å². The van der Waals surface area contributed by atoms with Gasteiger partial charge in [0.1, 0.15) is 17.4 Å². The Hall–Kier alpha value is -1.07. The smallest absolute Gasteiger partial charge is 0.142 e. The first kappa shape index (κ1) is 13.4. The third-order valence-corrected chi connectivity index (χ3v) is 4.06. The largest absolute Gasteiger partial charge is 0.299 e. The molecule has 0 fully saturated rings. The molecule has 0 aliphatic rings. The van der Waals surface area contributed by atoms with E-state index in [2.05, 4.69) is 15.9 Å². The van der Waals surface area contributed by atoms with E-state index < -0.39 is 11.6 Å². The van der Waals surface area contributed by atoms with Gasteiger partial charge in [0.05, 0.1) is 3.79 Å². The van der Waals surface area contributed by atoms with Crippen molar-refractivity contribution in [2.24, 2.45) is 0 Å². The summed E-state index contributed by atoms with van der Waals surface area (Å²) in [6.45, 7) is 0. The highest BCUT2D eigenvalue weighted by Gasteiger charge is 2.14. The van der Waals surface area contributed by atoms with Crippen molar-refractivity contribution < 1.29 is 13.6 Å². The number of benzene rings is 1. The molecule has 0 bridgehead atoms. The van der Waals surface area contributed by atoms with Crippen molar-refractivity contribution in [1.82, 2.24) is 0 Å². The van der Waals surface area contributed by atoms with Crippen LogP contribution in [0.25, 0.3) is 0 Å². The van der Waals surface area contributed by atoms with Crippen molar-refractivity contribution in [3.8, 4) is 0 Å². The Balaban J connectivity index is 2.08. The van der Waals surface area contributed by atoms with Crippen LogP contribution in [0, 0.1) is 11.6 Å². The topological polar surface area (TPSA) is 17.1 Å². The lowest BCUT2D eigenvalue weighted by molar-refractivity contribution is -0.117. The minimum Gasteiger partial charge on any atom is -0.299 e. The zero-order chi connectivity index (χ0) is 13.1. The molecule has 94 valence electrons. The van der Waals surface area contributed by atoms with E-state index >= 15 is 0 Å². The standard InChI is InChI=1S/C13H9BrF2OS/c14-13-5-4-9(18-13)6-8(17)7-10-11(15)2-1-3-12(10)16/h1-5H,6-7H2. The Morgan fingerprint density at radius 2 is 1.78 bits per heavy atom. The number of halogens is 3. The number of rotatable bonds is 4. The second-order valence-electron chi connectivity index (χ2n) is 3.80. The van der Waals surface area contributed by atoms with E-state index in [0.29, 0.717) is 0 Å². The van der Waals surface area contributed by atoms with Gasteiger partial charge in [0.15, 0.2) is 0 Å². The molecule has 0 saturated carbocycles. The molecule has 0 unspecified atom stereocenters. The van der Waals surface area contributed by atoms with Crippen molar-refractivity contribution in [2.45, 2.75) is 12.8 Å². The maximum Gasteiger partial charge on any atom is 0.142 e. The second-order valence-corrected chi connectivity index (χ2v) is 6.35. The van der Waals surface area contributed by atoms with Crippen LogP contribution in [0.1, 0.15) is 10.4 Å².